The quantitative estimate of drug-likeness (QED) is 0.385. The molecule has 1 aromatic heterocycles. The smallest absolute Gasteiger partial charge is 0.433 e. The molecule has 162 valence electrons. The van der Waals surface area contributed by atoms with Gasteiger partial charge in [-0.05, 0) is 18.2 Å². The maximum atomic E-state index is 12.7. The Kier molecular flexibility index (Phi) is 6.80. The summed E-state index contributed by atoms with van der Waals surface area (Å²) in [6, 6.07) is 8.07. The fourth-order valence-electron chi connectivity index (χ4n) is 3.17. The molecule has 0 radical (unpaired) electrons. The molecule has 3 rings (SSSR count). The van der Waals surface area contributed by atoms with Gasteiger partial charge in [-0.15, -0.1) is 0 Å². The van der Waals surface area contributed by atoms with Gasteiger partial charge in [0.15, 0.2) is 5.96 Å². The van der Waals surface area contributed by atoms with Crippen molar-refractivity contribution in [2.24, 2.45) is 4.99 Å². The first-order valence-electron chi connectivity index (χ1n) is 9.51. The van der Waals surface area contributed by atoms with E-state index in [9.17, 15) is 18.3 Å². The Morgan fingerprint density at radius 3 is 2.53 bits per heavy atom. The number of anilines is 2. The van der Waals surface area contributed by atoms with Crippen molar-refractivity contribution < 1.29 is 18.3 Å². The fourth-order valence-corrected chi connectivity index (χ4v) is 3.17. The highest BCUT2D eigenvalue weighted by molar-refractivity contribution is 5.80. The van der Waals surface area contributed by atoms with Crippen molar-refractivity contribution in [2.45, 2.75) is 6.18 Å². The number of rotatable bonds is 5. The van der Waals surface area contributed by atoms with E-state index in [1.165, 1.54) is 0 Å². The molecule has 1 aliphatic rings. The van der Waals surface area contributed by atoms with E-state index in [2.05, 4.69) is 35.4 Å². The summed E-state index contributed by atoms with van der Waals surface area (Å²) in [5, 5.41) is 16.0. The lowest BCUT2D eigenvalue weighted by Crippen LogP contribution is -2.53. The number of nitrogens with one attached hydrogen (secondary N) is 2. The van der Waals surface area contributed by atoms with Gasteiger partial charge >= 0.3 is 6.18 Å². The van der Waals surface area contributed by atoms with Crippen molar-refractivity contribution in [2.75, 3.05) is 56.5 Å². The molecular formula is C19H24F3N7O. The van der Waals surface area contributed by atoms with Crippen LogP contribution >= 0.6 is 0 Å². The molecule has 0 bridgehead atoms. The predicted octanol–water partition coefficient (Wildman–Crippen LogP) is 2.01. The molecule has 3 N–H and O–H groups in total. The Morgan fingerprint density at radius 1 is 1.13 bits per heavy atom. The highest BCUT2D eigenvalue weighted by atomic mass is 19.4. The Hall–Kier alpha value is -3.24. The zero-order valence-electron chi connectivity index (χ0n) is 16.5. The SMILES string of the molecule is CN=C(NCCNc1nccc(C(F)(F)F)n1)N1CCN(c2ccccc2O)CC1. The normalized spacial score (nSPS) is 15.3. The van der Waals surface area contributed by atoms with E-state index < -0.39 is 11.9 Å². The molecule has 1 aromatic carbocycles. The molecule has 0 spiro atoms. The molecule has 0 amide bonds. The topological polar surface area (TPSA) is 88.9 Å². The van der Waals surface area contributed by atoms with Crippen molar-refractivity contribution in [1.29, 1.82) is 0 Å². The molecule has 0 atom stereocenters. The average Bonchev–Trinajstić information content (AvgIpc) is 2.74. The lowest BCUT2D eigenvalue weighted by atomic mass is 10.2. The minimum Gasteiger partial charge on any atom is -0.506 e. The number of halogens is 3. The van der Waals surface area contributed by atoms with Crippen molar-refractivity contribution >= 4 is 17.6 Å². The zero-order chi connectivity index (χ0) is 21.6. The molecule has 1 fully saturated rings. The molecule has 2 heterocycles. The van der Waals surface area contributed by atoms with Crippen LogP contribution in [0.15, 0.2) is 41.5 Å². The number of guanidine groups is 1. The van der Waals surface area contributed by atoms with Gasteiger partial charge in [0.1, 0.15) is 11.4 Å². The van der Waals surface area contributed by atoms with Crippen LogP contribution in [0.25, 0.3) is 0 Å². The van der Waals surface area contributed by atoms with Crippen LogP contribution in [0, 0.1) is 0 Å². The minimum absolute atomic E-state index is 0.0714. The van der Waals surface area contributed by atoms with E-state index in [1.54, 1.807) is 19.2 Å². The zero-order valence-corrected chi connectivity index (χ0v) is 16.5. The van der Waals surface area contributed by atoms with Crippen molar-refractivity contribution in [1.82, 2.24) is 20.2 Å². The van der Waals surface area contributed by atoms with Crippen molar-refractivity contribution in [3.63, 3.8) is 0 Å². The molecule has 0 saturated carbocycles. The fraction of sp³-hybridized carbons (Fsp3) is 0.421. The van der Waals surface area contributed by atoms with Gasteiger partial charge in [0, 0.05) is 52.5 Å². The van der Waals surface area contributed by atoms with E-state index >= 15 is 0 Å². The Bertz CT molecular complexity index is 867. The standard InChI is InChI=1S/C19H24F3N7O/c1-23-18(26-9-8-25-17-24-7-6-16(27-17)19(20,21)22)29-12-10-28(11-13-29)14-4-2-3-5-15(14)30/h2-7,30H,8-13H2,1H3,(H,23,26)(H,24,25,27). The summed E-state index contributed by atoms with van der Waals surface area (Å²) in [4.78, 5) is 15.8. The van der Waals surface area contributed by atoms with Gasteiger partial charge in [0.2, 0.25) is 5.95 Å². The molecule has 1 saturated heterocycles. The monoisotopic (exact) mass is 423 g/mol. The van der Waals surface area contributed by atoms with Gasteiger partial charge in [-0.2, -0.15) is 13.2 Å². The third-order valence-electron chi connectivity index (χ3n) is 4.65. The highest BCUT2D eigenvalue weighted by Gasteiger charge is 2.32. The molecule has 0 unspecified atom stereocenters. The van der Waals surface area contributed by atoms with Gasteiger partial charge in [0.05, 0.1) is 5.69 Å². The molecule has 0 aliphatic carbocycles. The van der Waals surface area contributed by atoms with Gasteiger partial charge in [-0.1, -0.05) is 12.1 Å². The van der Waals surface area contributed by atoms with Crippen molar-refractivity contribution in [3.8, 4) is 5.75 Å². The summed E-state index contributed by atoms with van der Waals surface area (Å²) < 4.78 is 38.1. The van der Waals surface area contributed by atoms with E-state index in [1.807, 2.05) is 12.1 Å². The van der Waals surface area contributed by atoms with Gasteiger partial charge in [-0.3, -0.25) is 4.99 Å². The Labute approximate surface area is 172 Å². The first-order valence-corrected chi connectivity index (χ1v) is 9.51. The van der Waals surface area contributed by atoms with E-state index in [-0.39, 0.29) is 11.7 Å². The van der Waals surface area contributed by atoms with E-state index in [0.29, 0.717) is 19.0 Å². The number of aliphatic imine (C=N–C) groups is 1. The van der Waals surface area contributed by atoms with Gasteiger partial charge < -0.3 is 25.5 Å². The largest absolute Gasteiger partial charge is 0.506 e. The number of hydrogen-bond donors (Lipinski definition) is 3. The third kappa shape index (κ3) is 5.43. The summed E-state index contributed by atoms with van der Waals surface area (Å²) in [6.07, 6.45) is -3.42. The van der Waals surface area contributed by atoms with Crippen LogP contribution in [0.3, 0.4) is 0 Å². The van der Waals surface area contributed by atoms with Crippen LogP contribution < -0.4 is 15.5 Å². The van der Waals surface area contributed by atoms with Crippen molar-refractivity contribution in [3.05, 3.63) is 42.2 Å². The van der Waals surface area contributed by atoms with E-state index in [0.717, 1.165) is 44.1 Å². The minimum atomic E-state index is -4.50. The second-order valence-electron chi connectivity index (χ2n) is 6.63. The van der Waals surface area contributed by atoms with E-state index in [4.69, 9.17) is 0 Å². The second-order valence-corrected chi connectivity index (χ2v) is 6.63. The number of aromatic nitrogens is 2. The summed E-state index contributed by atoms with van der Waals surface area (Å²) in [5.41, 5.74) is -0.170. The third-order valence-corrected chi connectivity index (χ3v) is 4.65. The highest BCUT2D eigenvalue weighted by Crippen LogP contribution is 2.28. The van der Waals surface area contributed by atoms with Crippen LogP contribution in [0.5, 0.6) is 5.75 Å². The first-order chi connectivity index (χ1) is 14.4. The molecular weight excluding hydrogens is 399 g/mol. The summed E-state index contributed by atoms with van der Waals surface area (Å²) in [7, 11) is 1.68. The molecule has 11 heteroatoms. The molecule has 1 aliphatic heterocycles. The van der Waals surface area contributed by atoms with Gasteiger partial charge in [0.25, 0.3) is 0 Å². The summed E-state index contributed by atoms with van der Waals surface area (Å²) in [5.74, 6) is 0.896. The maximum Gasteiger partial charge on any atom is 0.433 e. The first kappa shape index (κ1) is 21.5. The number of nitrogens with zero attached hydrogens (tertiary/aromatic N) is 5. The van der Waals surface area contributed by atoms with Crippen LogP contribution in [0.2, 0.25) is 0 Å². The second kappa shape index (κ2) is 9.51. The Morgan fingerprint density at radius 2 is 1.87 bits per heavy atom. The average molecular weight is 423 g/mol. The number of aromatic hydroxyl groups is 1. The van der Waals surface area contributed by atoms with Crippen LogP contribution in [-0.4, -0.2) is 72.3 Å². The lowest BCUT2D eigenvalue weighted by Gasteiger charge is -2.37. The lowest BCUT2D eigenvalue weighted by molar-refractivity contribution is -0.141. The summed E-state index contributed by atoms with van der Waals surface area (Å²) in [6.45, 7) is 3.67. The molecule has 8 nitrogen and oxygen atoms in total. The Balaban J connectivity index is 1.45. The predicted molar refractivity (Wildman–Crippen MR) is 109 cm³/mol. The van der Waals surface area contributed by atoms with Gasteiger partial charge in [-0.25, -0.2) is 9.97 Å². The molecule has 30 heavy (non-hydrogen) atoms. The number of benzene rings is 1. The molecule has 2 aromatic rings. The maximum absolute atomic E-state index is 12.7. The number of alkyl halides is 3. The summed E-state index contributed by atoms with van der Waals surface area (Å²) >= 11 is 0. The number of para-hydroxylation sites is 2. The number of phenolic OH excluding ortho intramolecular Hbond substituents is 1. The number of piperazine rings is 1. The van der Waals surface area contributed by atoms with Crippen LogP contribution in [0.1, 0.15) is 5.69 Å². The number of hydrogen-bond acceptors (Lipinski definition) is 6. The number of phenols is 1. The van der Waals surface area contributed by atoms with Crippen LogP contribution in [-0.2, 0) is 6.18 Å². The van der Waals surface area contributed by atoms with Crippen LogP contribution in [0.4, 0.5) is 24.8 Å².